The van der Waals surface area contributed by atoms with Gasteiger partial charge in [0.25, 0.3) is 5.91 Å². The lowest BCUT2D eigenvalue weighted by atomic mass is 9.94. The molecular formula is C27H26F3N5O2S. The van der Waals surface area contributed by atoms with Crippen LogP contribution in [-0.4, -0.2) is 32.5 Å². The first-order valence-electron chi connectivity index (χ1n) is 12.1. The summed E-state index contributed by atoms with van der Waals surface area (Å²) < 4.78 is 47.4. The first-order chi connectivity index (χ1) is 18.0. The molecule has 11 heteroatoms. The van der Waals surface area contributed by atoms with Crippen LogP contribution in [-0.2, 0) is 18.1 Å². The molecule has 3 heterocycles. The van der Waals surface area contributed by atoms with Gasteiger partial charge in [-0.05, 0) is 56.9 Å². The number of carbonyl (C=O) groups is 1. The van der Waals surface area contributed by atoms with Gasteiger partial charge in [0.1, 0.15) is 5.01 Å². The molecular weight excluding hydrogens is 515 g/mol. The van der Waals surface area contributed by atoms with Crippen LogP contribution in [0.1, 0.15) is 63.9 Å². The maximum atomic E-state index is 13.9. The lowest BCUT2D eigenvalue weighted by molar-refractivity contribution is -0.137. The number of alkyl halides is 3. The fraction of sp³-hybridized carbons (Fsp3) is 0.333. The summed E-state index contributed by atoms with van der Waals surface area (Å²) in [5.41, 5.74) is 6.11. The van der Waals surface area contributed by atoms with Gasteiger partial charge in [-0.2, -0.15) is 13.2 Å². The van der Waals surface area contributed by atoms with Gasteiger partial charge in [0, 0.05) is 28.7 Å². The number of hydrogen-bond donors (Lipinski definition) is 1. The average molecular weight is 542 g/mol. The summed E-state index contributed by atoms with van der Waals surface area (Å²) in [4.78, 5) is 19.6. The third kappa shape index (κ3) is 5.34. The smallest absolute Gasteiger partial charge is 0.416 e. The monoisotopic (exact) mass is 541 g/mol. The van der Waals surface area contributed by atoms with E-state index in [4.69, 9.17) is 10.2 Å². The first-order valence-corrected chi connectivity index (χ1v) is 13.0. The Balaban J connectivity index is 1.48. The predicted octanol–water partition coefficient (Wildman–Crippen LogP) is 5.91. The van der Waals surface area contributed by atoms with Crippen LogP contribution >= 0.6 is 11.3 Å². The number of halogens is 3. The maximum absolute atomic E-state index is 13.9. The van der Waals surface area contributed by atoms with Crippen LogP contribution in [0.4, 0.5) is 13.2 Å². The molecule has 0 saturated carbocycles. The molecule has 1 amide bonds. The largest absolute Gasteiger partial charge is 0.419 e. The van der Waals surface area contributed by atoms with E-state index < -0.39 is 23.2 Å². The third-order valence-corrected chi connectivity index (χ3v) is 7.58. The molecule has 1 fully saturated rings. The van der Waals surface area contributed by atoms with Gasteiger partial charge >= 0.3 is 6.18 Å². The standard InChI is InChI=1S/C27H26F3N5O2S/c1-16-15-38-23(32-16)21-9-6-10-35(21)24(36)19-11-18(12-20(13-19)27(28,29)30)22-33-34-25(37-22)26(2,31)14-17-7-4-3-5-8-17/h3-5,7-8,11-13,15,21H,6,9-10,14,31H2,1-2H3/t21-,26-/m1/s1. The van der Waals surface area contributed by atoms with Crippen molar-refractivity contribution in [2.24, 2.45) is 5.73 Å². The number of rotatable bonds is 6. The number of aromatic nitrogens is 3. The molecule has 0 spiro atoms. The molecule has 1 aliphatic rings. The van der Waals surface area contributed by atoms with Crippen molar-refractivity contribution < 1.29 is 22.4 Å². The Labute approximate surface area is 221 Å². The summed E-state index contributed by atoms with van der Waals surface area (Å²) in [7, 11) is 0. The minimum Gasteiger partial charge on any atom is -0.419 e. The molecule has 7 nitrogen and oxygen atoms in total. The van der Waals surface area contributed by atoms with Crippen molar-refractivity contribution in [3.63, 3.8) is 0 Å². The molecule has 2 N–H and O–H groups in total. The van der Waals surface area contributed by atoms with Crippen LogP contribution in [0.2, 0.25) is 0 Å². The number of nitrogens with zero attached hydrogens (tertiary/aromatic N) is 4. The predicted molar refractivity (Wildman–Crippen MR) is 136 cm³/mol. The highest BCUT2D eigenvalue weighted by Crippen LogP contribution is 2.38. The summed E-state index contributed by atoms with van der Waals surface area (Å²) >= 11 is 1.45. The van der Waals surface area contributed by atoms with Gasteiger partial charge in [0.05, 0.1) is 17.1 Å². The van der Waals surface area contributed by atoms with Gasteiger partial charge in [-0.15, -0.1) is 21.5 Å². The van der Waals surface area contributed by atoms with Crippen LogP contribution in [0.25, 0.3) is 11.5 Å². The van der Waals surface area contributed by atoms with E-state index in [-0.39, 0.29) is 29.0 Å². The normalized spacial score (nSPS) is 17.5. The summed E-state index contributed by atoms with van der Waals surface area (Å²) in [6.07, 6.45) is -2.85. The van der Waals surface area contributed by atoms with Gasteiger partial charge in [-0.25, -0.2) is 4.98 Å². The van der Waals surface area contributed by atoms with Crippen molar-refractivity contribution in [1.82, 2.24) is 20.1 Å². The van der Waals surface area contributed by atoms with Crippen LogP contribution in [0, 0.1) is 6.92 Å². The van der Waals surface area contributed by atoms with Crippen LogP contribution in [0.15, 0.2) is 58.3 Å². The Kier molecular flexibility index (Phi) is 6.83. The Hall–Kier alpha value is -3.57. The highest BCUT2D eigenvalue weighted by atomic mass is 32.1. The van der Waals surface area contributed by atoms with E-state index in [1.54, 1.807) is 11.8 Å². The molecule has 2 aromatic carbocycles. The zero-order chi connectivity index (χ0) is 27.1. The van der Waals surface area contributed by atoms with E-state index >= 15 is 0 Å². The Bertz CT molecular complexity index is 1450. The number of thiazole rings is 1. The van der Waals surface area contributed by atoms with Gasteiger partial charge in [-0.1, -0.05) is 30.3 Å². The van der Waals surface area contributed by atoms with E-state index in [0.717, 1.165) is 34.8 Å². The minimum atomic E-state index is -4.68. The molecule has 0 bridgehead atoms. The quantitative estimate of drug-likeness (QED) is 0.326. The number of likely N-dealkylation sites (tertiary alicyclic amines) is 1. The first kappa shape index (κ1) is 26.1. The fourth-order valence-corrected chi connectivity index (χ4v) is 5.60. The highest BCUT2D eigenvalue weighted by molar-refractivity contribution is 7.09. The lowest BCUT2D eigenvalue weighted by Gasteiger charge is -2.24. The second-order valence-corrected chi connectivity index (χ2v) is 10.7. The highest BCUT2D eigenvalue weighted by Gasteiger charge is 2.36. The second kappa shape index (κ2) is 9.95. The molecule has 5 rings (SSSR count). The number of aryl methyl sites for hydroxylation is 1. The van der Waals surface area contributed by atoms with Crippen molar-refractivity contribution >= 4 is 17.2 Å². The number of carbonyl (C=O) groups excluding carboxylic acids is 1. The van der Waals surface area contributed by atoms with Crippen molar-refractivity contribution in [1.29, 1.82) is 0 Å². The lowest BCUT2D eigenvalue weighted by Crippen LogP contribution is -2.35. The van der Waals surface area contributed by atoms with Gasteiger partial charge < -0.3 is 15.1 Å². The van der Waals surface area contributed by atoms with Crippen molar-refractivity contribution in [3.8, 4) is 11.5 Å². The van der Waals surface area contributed by atoms with Crippen LogP contribution in [0.3, 0.4) is 0 Å². The average Bonchev–Trinajstić information content (AvgIpc) is 3.64. The molecule has 0 aliphatic carbocycles. The molecule has 2 atom stereocenters. The minimum absolute atomic E-state index is 0.00160. The maximum Gasteiger partial charge on any atom is 0.416 e. The molecule has 1 aliphatic heterocycles. The SMILES string of the molecule is Cc1csc([C@H]2CCCN2C(=O)c2cc(-c3nnc([C@](C)(N)Cc4ccccc4)o3)cc(C(F)(F)F)c2)n1. The fourth-order valence-electron chi connectivity index (χ4n) is 4.66. The molecule has 0 radical (unpaired) electrons. The molecule has 2 aromatic heterocycles. The Morgan fingerprint density at radius 2 is 1.95 bits per heavy atom. The van der Waals surface area contributed by atoms with E-state index in [9.17, 15) is 18.0 Å². The molecule has 198 valence electrons. The summed E-state index contributed by atoms with van der Waals surface area (Å²) in [6.45, 7) is 4.01. The van der Waals surface area contributed by atoms with Crippen molar-refractivity contribution in [2.75, 3.05) is 6.54 Å². The summed E-state index contributed by atoms with van der Waals surface area (Å²) in [6, 6.07) is 12.3. The summed E-state index contributed by atoms with van der Waals surface area (Å²) in [5, 5.41) is 10.7. The topological polar surface area (TPSA) is 98.1 Å². The molecule has 4 aromatic rings. The molecule has 1 saturated heterocycles. The van der Waals surface area contributed by atoms with E-state index in [1.807, 2.05) is 42.6 Å². The number of hydrogen-bond acceptors (Lipinski definition) is 7. The van der Waals surface area contributed by atoms with E-state index in [0.29, 0.717) is 19.4 Å². The van der Waals surface area contributed by atoms with Crippen LogP contribution in [0.5, 0.6) is 0 Å². The number of benzene rings is 2. The molecule has 0 unspecified atom stereocenters. The molecule has 38 heavy (non-hydrogen) atoms. The Morgan fingerprint density at radius 3 is 2.63 bits per heavy atom. The second-order valence-electron chi connectivity index (χ2n) is 9.77. The van der Waals surface area contributed by atoms with Crippen molar-refractivity contribution in [3.05, 3.63) is 87.2 Å². The number of amides is 1. The Morgan fingerprint density at radius 1 is 1.18 bits per heavy atom. The zero-order valence-corrected chi connectivity index (χ0v) is 21.6. The van der Waals surface area contributed by atoms with Gasteiger partial charge in [0.2, 0.25) is 11.8 Å². The van der Waals surface area contributed by atoms with E-state index in [2.05, 4.69) is 15.2 Å². The number of nitrogens with two attached hydrogens (primary N) is 1. The third-order valence-electron chi connectivity index (χ3n) is 6.52. The zero-order valence-electron chi connectivity index (χ0n) is 20.8. The van der Waals surface area contributed by atoms with Crippen molar-refractivity contribution in [2.45, 2.75) is 50.9 Å². The van der Waals surface area contributed by atoms with Gasteiger partial charge in [0.15, 0.2) is 0 Å². The van der Waals surface area contributed by atoms with E-state index in [1.165, 1.54) is 17.4 Å². The van der Waals surface area contributed by atoms with Crippen LogP contribution < -0.4 is 5.73 Å². The van der Waals surface area contributed by atoms with Gasteiger partial charge in [-0.3, -0.25) is 4.79 Å². The summed E-state index contributed by atoms with van der Waals surface area (Å²) in [5.74, 6) is -0.557.